The second-order valence-corrected chi connectivity index (χ2v) is 4.51. The van der Waals surface area contributed by atoms with E-state index in [0.717, 1.165) is 6.92 Å². The molecular weight excluding hydrogens is 346 g/mol. The zero-order valence-electron chi connectivity index (χ0n) is 12.5. The monoisotopic (exact) mass is 360 g/mol. The minimum atomic E-state index is -5.08. The topological polar surface area (TPSA) is 63.6 Å². The van der Waals surface area contributed by atoms with E-state index in [-0.39, 0.29) is 12.2 Å². The molecule has 0 aliphatic heterocycles. The Balaban J connectivity index is 0.000000640. The molecule has 0 radical (unpaired) electrons. The Morgan fingerprint density at radius 1 is 1.04 bits per heavy atom. The number of carboxylic acid groups (broad SMARTS) is 1. The maximum atomic E-state index is 13.1. The van der Waals surface area contributed by atoms with Crippen molar-refractivity contribution in [2.24, 2.45) is 0 Å². The van der Waals surface area contributed by atoms with Crippen LogP contribution in [-0.4, -0.2) is 36.0 Å². The first kappa shape index (κ1) is 21.7. The van der Waals surface area contributed by atoms with E-state index in [1.54, 1.807) is 6.07 Å². The number of hydrogen-bond acceptors (Lipinski definition) is 3. The molecule has 1 aromatic carbocycles. The molecule has 24 heavy (non-hydrogen) atoms. The van der Waals surface area contributed by atoms with Gasteiger partial charge < -0.3 is 9.84 Å². The van der Waals surface area contributed by atoms with Gasteiger partial charge in [-0.15, -0.1) is 0 Å². The fourth-order valence-electron chi connectivity index (χ4n) is 1.44. The van der Waals surface area contributed by atoms with Crippen molar-refractivity contribution in [3.63, 3.8) is 0 Å². The maximum Gasteiger partial charge on any atom is 0.490 e. The van der Waals surface area contributed by atoms with Crippen LogP contribution in [-0.2, 0) is 19.7 Å². The summed E-state index contributed by atoms with van der Waals surface area (Å²) in [5.74, 6) is -4.04. The molecule has 1 atom stereocenters. The van der Waals surface area contributed by atoms with Gasteiger partial charge in [0.25, 0.3) is 0 Å². The highest BCUT2D eigenvalue weighted by molar-refractivity contribution is 5.83. The number of aliphatic carboxylic acids is 1. The molecule has 1 rings (SSSR count). The SMILES string of the molecule is CCOC(=O)C(C)(c1ccccc1)C(F)(F)F.O=C(O)C(F)(F)F. The third kappa shape index (κ3) is 5.43. The molecule has 1 unspecified atom stereocenters. The number of ether oxygens (including phenoxy) is 1. The van der Waals surface area contributed by atoms with Crippen LogP contribution in [0.5, 0.6) is 0 Å². The van der Waals surface area contributed by atoms with E-state index in [2.05, 4.69) is 4.74 Å². The number of halogens is 6. The van der Waals surface area contributed by atoms with Crippen molar-refractivity contribution in [3.8, 4) is 0 Å². The van der Waals surface area contributed by atoms with Gasteiger partial charge in [-0.2, -0.15) is 26.3 Å². The van der Waals surface area contributed by atoms with Gasteiger partial charge in [0.2, 0.25) is 0 Å². The molecule has 0 aromatic heterocycles. The van der Waals surface area contributed by atoms with Crippen LogP contribution < -0.4 is 0 Å². The van der Waals surface area contributed by atoms with Crippen molar-refractivity contribution in [1.82, 2.24) is 0 Å². The number of carbonyl (C=O) groups is 2. The number of hydrogen-bond donors (Lipinski definition) is 1. The van der Waals surface area contributed by atoms with E-state index in [9.17, 15) is 31.1 Å². The molecule has 0 saturated heterocycles. The van der Waals surface area contributed by atoms with E-state index in [1.807, 2.05) is 0 Å². The average molecular weight is 360 g/mol. The third-order valence-electron chi connectivity index (χ3n) is 2.84. The Morgan fingerprint density at radius 3 is 1.75 bits per heavy atom. The molecule has 0 bridgehead atoms. The van der Waals surface area contributed by atoms with E-state index in [4.69, 9.17) is 9.90 Å². The lowest BCUT2D eigenvalue weighted by molar-refractivity contribution is -0.205. The highest BCUT2D eigenvalue weighted by Crippen LogP contribution is 2.41. The fraction of sp³-hybridized carbons (Fsp3) is 0.429. The molecule has 0 spiro atoms. The van der Waals surface area contributed by atoms with Gasteiger partial charge in [-0.05, 0) is 19.4 Å². The molecule has 1 aromatic rings. The number of alkyl halides is 6. The van der Waals surface area contributed by atoms with Crippen LogP contribution in [0.2, 0.25) is 0 Å². The van der Waals surface area contributed by atoms with Crippen LogP contribution in [0.15, 0.2) is 30.3 Å². The van der Waals surface area contributed by atoms with Crippen molar-refractivity contribution in [3.05, 3.63) is 35.9 Å². The second-order valence-electron chi connectivity index (χ2n) is 4.51. The lowest BCUT2D eigenvalue weighted by atomic mass is 9.82. The Kier molecular flexibility index (Phi) is 7.27. The summed E-state index contributed by atoms with van der Waals surface area (Å²) in [4.78, 5) is 20.5. The van der Waals surface area contributed by atoms with Crippen molar-refractivity contribution in [2.75, 3.05) is 6.61 Å². The summed E-state index contributed by atoms with van der Waals surface area (Å²) in [6, 6.07) is 7.04. The van der Waals surface area contributed by atoms with Crippen molar-refractivity contribution >= 4 is 11.9 Å². The van der Waals surface area contributed by atoms with E-state index >= 15 is 0 Å². The molecule has 0 heterocycles. The van der Waals surface area contributed by atoms with Gasteiger partial charge in [0.05, 0.1) is 6.61 Å². The molecule has 0 fully saturated rings. The Morgan fingerprint density at radius 2 is 1.46 bits per heavy atom. The summed E-state index contributed by atoms with van der Waals surface area (Å²) in [6.45, 7) is 2.22. The molecule has 4 nitrogen and oxygen atoms in total. The van der Waals surface area contributed by atoms with Gasteiger partial charge in [-0.3, -0.25) is 4.79 Å². The lowest BCUT2D eigenvalue weighted by Gasteiger charge is -2.29. The largest absolute Gasteiger partial charge is 0.490 e. The maximum absolute atomic E-state index is 13.1. The van der Waals surface area contributed by atoms with Crippen LogP contribution in [0, 0.1) is 0 Å². The lowest BCUT2D eigenvalue weighted by Crippen LogP contribution is -2.47. The standard InChI is InChI=1S/C12H13F3O2.C2HF3O2/c1-3-17-10(16)11(2,12(13,14)15)9-7-5-4-6-8-9;3-2(4,5)1(6)7/h4-8H,3H2,1-2H3;(H,6,7). The van der Waals surface area contributed by atoms with Gasteiger partial charge >= 0.3 is 24.3 Å². The molecule has 0 saturated carbocycles. The van der Waals surface area contributed by atoms with Gasteiger partial charge in [0.1, 0.15) is 0 Å². The molecular formula is C14H14F6O4. The van der Waals surface area contributed by atoms with E-state index in [0.29, 0.717) is 0 Å². The summed E-state index contributed by atoms with van der Waals surface area (Å²) < 4.78 is 75.5. The number of carboxylic acids is 1. The quantitative estimate of drug-likeness (QED) is 0.659. The van der Waals surface area contributed by atoms with Crippen LogP contribution in [0.4, 0.5) is 26.3 Å². The molecule has 136 valence electrons. The third-order valence-corrected chi connectivity index (χ3v) is 2.84. The Hall–Kier alpha value is -2.26. The first-order valence-corrected chi connectivity index (χ1v) is 6.38. The predicted molar refractivity (Wildman–Crippen MR) is 70.2 cm³/mol. The molecule has 0 amide bonds. The number of esters is 1. The van der Waals surface area contributed by atoms with Gasteiger partial charge in [0.15, 0.2) is 5.41 Å². The smallest absolute Gasteiger partial charge is 0.475 e. The summed E-state index contributed by atoms with van der Waals surface area (Å²) in [5, 5.41) is 7.12. The predicted octanol–water partition coefficient (Wildman–Crippen LogP) is 3.70. The van der Waals surface area contributed by atoms with Crippen LogP contribution in [0.25, 0.3) is 0 Å². The first-order chi connectivity index (χ1) is 10.8. The highest BCUT2D eigenvalue weighted by Gasteiger charge is 2.59. The summed E-state index contributed by atoms with van der Waals surface area (Å²) >= 11 is 0. The van der Waals surface area contributed by atoms with Crippen molar-refractivity contribution in [2.45, 2.75) is 31.6 Å². The first-order valence-electron chi connectivity index (χ1n) is 6.38. The Bertz CT molecular complexity index is 553. The average Bonchev–Trinajstić information content (AvgIpc) is 2.46. The molecule has 1 N–H and O–H groups in total. The van der Waals surface area contributed by atoms with E-state index in [1.165, 1.54) is 31.2 Å². The fourth-order valence-corrected chi connectivity index (χ4v) is 1.44. The normalized spacial score (nSPS) is 14.0. The molecule has 0 aliphatic carbocycles. The van der Waals surface area contributed by atoms with Crippen LogP contribution in [0.3, 0.4) is 0 Å². The molecule has 0 aliphatic rings. The molecule has 10 heteroatoms. The summed E-state index contributed by atoms with van der Waals surface area (Å²) in [5.41, 5.74) is -2.74. The number of rotatable bonds is 3. The summed E-state index contributed by atoms with van der Waals surface area (Å²) in [7, 11) is 0. The van der Waals surface area contributed by atoms with Crippen molar-refractivity contribution < 1.29 is 45.8 Å². The second kappa shape index (κ2) is 8.02. The van der Waals surface area contributed by atoms with E-state index < -0.39 is 29.7 Å². The Labute approximate surface area is 133 Å². The minimum absolute atomic E-state index is 0.0860. The zero-order chi connectivity index (χ0) is 19.2. The van der Waals surface area contributed by atoms with Gasteiger partial charge in [-0.1, -0.05) is 30.3 Å². The van der Waals surface area contributed by atoms with Crippen LogP contribution in [0.1, 0.15) is 19.4 Å². The number of benzene rings is 1. The van der Waals surface area contributed by atoms with Crippen molar-refractivity contribution in [1.29, 1.82) is 0 Å². The highest BCUT2D eigenvalue weighted by atomic mass is 19.4. The summed E-state index contributed by atoms with van der Waals surface area (Å²) in [6.07, 6.45) is -9.78. The number of carbonyl (C=O) groups excluding carboxylic acids is 1. The van der Waals surface area contributed by atoms with Crippen LogP contribution >= 0.6 is 0 Å². The minimum Gasteiger partial charge on any atom is -0.475 e. The zero-order valence-corrected chi connectivity index (χ0v) is 12.5. The van der Waals surface area contributed by atoms with Gasteiger partial charge in [-0.25, -0.2) is 4.79 Å². The van der Waals surface area contributed by atoms with Gasteiger partial charge in [0, 0.05) is 0 Å².